The van der Waals surface area contributed by atoms with E-state index in [1.165, 1.54) is 31.3 Å². The summed E-state index contributed by atoms with van der Waals surface area (Å²) in [5.74, 6) is 1.70. The molecule has 0 heterocycles. The first-order valence-corrected chi connectivity index (χ1v) is 6.53. The molecule has 0 radical (unpaired) electrons. The summed E-state index contributed by atoms with van der Waals surface area (Å²) in [6, 6.07) is 0. The second kappa shape index (κ2) is 4.37. The topological polar surface area (TPSA) is 20.2 Å². The molecule has 16 heavy (non-hydrogen) atoms. The van der Waals surface area contributed by atoms with E-state index < -0.39 is 0 Å². The van der Waals surface area contributed by atoms with Crippen LogP contribution in [0.1, 0.15) is 46.0 Å². The van der Waals surface area contributed by atoms with Crippen LogP contribution in [0.4, 0.5) is 0 Å². The molecule has 0 aromatic carbocycles. The fourth-order valence-corrected chi connectivity index (χ4v) is 3.65. The summed E-state index contributed by atoms with van der Waals surface area (Å²) in [6.45, 7) is 8.94. The predicted octanol–water partition coefficient (Wildman–Crippen LogP) is 3.70. The second-order valence-electron chi connectivity index (χ2n) is 5.90. The van der Waals surface area contributed by atoms with E-state index in [0.29, 0.717) is 5.41 Å². The maximum atomic E-state index is 8.96. The van der Waals surface area contributed by atoms with Crippen molar-refractivity contribution in [1.29, 1.82) is 0 Å². The summed E-state index contributed by atoms with van der Waals surface area (Å²) < 4.78 is 0. The fraction of sp³-hybridized carbons (Fsp3) is 0.733. The van der Waals surface area contributed by atoms with Crippen LogP contribution in [0.2, 0.25) is 0 Å². The van der Waals surface area contributed by atoms with Crippen LogP contribution in [0, 0.1) is 17.3 Å². The van der Waals surface area contributed by atoms with E-state index in [1.807, 2.05) is 6.92 Å². The molecule has 1 N–H and O–H groups in total. The van der Waals surface area contributed by atoms with Gasteiger partial charge >= 0.3 is 0 Å². The zero-order chi connectivity index (χ0) is 11.8. The Bertz CT molecular complexity index is 315. The average Bonchev–Trinajstić information content (AvgIpc) is 2.83. The lowest BCUT2D eigenvalue weighted by Crippen LogP contribution is -2.26. The van der Waals surface area contributed by atoms with Crippen LogP contribution in [0.15, 0.2) is 23.8 Å². The lowest BCUT2D eigenvalue weighted by atomic mass is 9.69. The van der Waals surface area contributed by atoms with Gasteiger partial charge < -0.3 is 5.11 Å². The first kappa shape index (κ1) is 11.9. The Hall–Kier alpha value is -0.560. The lowest BCUT2D eigenvalue weighted by Gasteiger charge is -2.36. The van der Waals surface area contributed by atoms with Gasteiger partial charge in [0, 0.05) is 0 Å². The number of aliphatic hydroxyl groups is 1. The van der Waals surface area contributed by atoms with E-state index >= 15 is 0 Å². The van der Waals surface area contributed by atoms with Crippen molar-refractivity contribution in [2.45, 2.75) is 46.0 Å². The van der Waals surface area contributed by atoms with Crippen molar-refractivity contribution in [2.24, 2.45) is 17.3 Å². The number of hydrogen-bond donors (Lipinski definition) is 1. The average molecular weight is 220 g/mol. The largest absolute Gasteiger partial charge is 0.392 e. The van der Waals surface area contributed by atoms with Crippen molar-refractivity contribution < 1.29 is 5.11 Å². The number of allylic oxidation sites excluding steroid dienone is 2. The van der Waals surface area contributed by atoms with Crippen molar-refractivity contribution in [3.63, 3.8) is 0 Å². The van der Waals surface area contributed by atoms with Gasteiger partial charge in [0.1, 0.15) is 0 Å². The van der Waals surface area contributed by atoms with Crippen LogP contribution < -0.4 is 0 Å². The highest BCUT2D eigenvalue weighted by molar-refractivity contribution is 5.24. The summed E-state index contributed by atoms with van der Waals surface area (Å²) >= 11 is 0. The van der Waals surface area contributed by atoms with E-state index in [4.69, 9.17) is 5.11 Å². The monoisotopic (exact) mass is 220 g/mol. The van der Waals surface area contributed by atoms with Gasteiger partial charge in [0.2, 0.25) is 0 Å². The van der Waals surface area contributed by atoms with E-state index in [2.05, 4.69) is 19.6 Å². The Morgan fingerprint density at radius 2 is 2.31 bits per heavy atom. The third-order valence-electron chi connectivity index (χ3n) is 4.97. The van der Waals surface area contributed by atoms with E-state index in [9.17, 15) is 0 Å². The molecule has 3 atom stereocenters. The minimum absolute atomic E-state index is 0.198. The SMILES string of the molecule is C=C1[C@H]2CC[C@@H](C2)[C@@]1(C)CC/C=C(\C)CO. The van der Waals surface area contributed by atoms with Gasteiger partial charge in [0.05, 0.1) is 6.61 Å². The van der Waals surface area contributed by atoms with Gasteiger partial charge in [-0.05, 0) is 56.3 Å². The summed E-state index contributed by atoms with van der Waals surface area (Å²) in [4.78, 5) is 0. The molecule has 0 aromatic rings. The lowest BCUT2D eigenvalue weighted by molar-refractivity contribution is 0.240. The fourth-order valence-electron chi connectivity index (χ4n) is 3.65. The van der Waals surface area contributed by atoms with Crippen molar-refractivity contribution in [1.82, 2.24) is 0 Å². The molecule has 2 aliphatic carbocycles. The van der Waals surface area contributed by atoms with Gasteiger partial charge in [-0.15, -0.1) is 0 Å². The smallest absolute Gasteiger partial charge is 0.0639 e. The Kier molecular flexibility index (Phi) is 3.25. The number of aliphatic hydroxyl groups excluding tert-OH is 1. The van der Waals surface area contributed by atoms with Crippen LogP contribution in [0.25, 0.3) is 0 Å². The minimum Gasteiger partial charge on any atom is -0.392 e. The summed E-state index contributed by atoms with van der Waals surface area (Å²) in [5, 5.41) is 8.96. The van der Waals surface area contributed by atoms with Crippen LogP contribution in [-0.4, -0.2) is 11.7 Å². The Morgan fingerprint density at radius 3 is 2.88 bits per heavy atom. The molecule has 2 saturated carbocycles. The molecule has 2 bridgehead atoms. The third kappa shape index (κ3) is 1.86. The number of rotatable bonds is 4. The quantitative estimate of drug-likeness (QED) is 0.716. The van der Waals surface area contributed by atoms with Gasteiger partial charge in [-0.3, -0.25) is 0 Å². The summed E-state index contributed by atoms with van der Waals surface area (Å²) in [7, 11) is 0. The molecule has 0 aliphatic heterocycles. The molecule has 1 nitrogen and oxygen atoms in total. The highest BCUT2D eigenvalue weighted by Crippen LogP contribution is 2.60. The standard InChI is InChI=1S/C15H24O/c1-11(10-16)5-4-8-15(3)12(2)13-6-7-14(15)9-13/h5,13-14,16H,2,4,6-10H2,1,3H3/b11-5+/t13-,14-,15-/m0/s1. The highest BCUT2D eigenvalue weighted by atomic mass is 16.3. The van der Waals surface area contributed by atoms with Crippen LogP contribution in [0.3, 0.4) is 0 Å². The molecule has 0 unspecified atom stereocenters. The molecule has 90 valence electrons. The molecule has 0 aromatic heterocycles. The van der Waals surface area contributed by atoms with Crippen molar-refractivity contribution in [2.75, 3.05) is 6.61 Å². The van der Waals surface area contributed by atoms with E-state index in [-0.39, 0.29) is 6.61 Å². The van der Waals surface area contributed by atoms with Crippen LogP contribution in [-0.2, 0) is 0 Å². The second-order valence-corrected chi connectivity index (χ2v) is 5.90. The van der Waals surface area contributed by atoms with Crippen molar-refractivity contribution >= 4 is 0 Å². The number of hydrogen-bond acceptors (Lipinski definition) is 1. The van der Waals surface area contributed by atoms with Gasteiger partial charge in [-0.1, -0.05) is 30.7 Å². The van der Waals surface area contributed by atoms with Gasteiger partial charge in [0.25, 0.3) is 0 Å². The summed E-state index contributed by atoms with van der Waals surface area (Å²) in [6.07, 6.45) is 8.66. The van der Waals surface area contributed by atoms with Gasteiger partial charge in [-0.25, -0.2) is 0 Å². The normalized spacial score (nSPS) is 38.4. The minimum atomic E-state index is 0.198. The number of fused-ring (bicyclic) bond motifs is 2. The molecule has 2 aliphatic rings. The molecule has 0 saturated heterocycles. The Morgan fingerprint density at radius 1 is 1.56 bits per heavy atom. The van der Waals surface area contributed by atoms with Gasteiger partial charge in [0.15, 0.2) is 0 Å². The Balaban J connectivity index is 1.96. The first-order valence-electron chi connectivity index (χ1n) is 6.53. The molecule has 2 fully saturated rings. The molecular weight excluding hydrogens is 196 g/mol. The van der Waals surface area contributed by atoms with E-state index in [1.54, 1.807) is 0 Å². The van der Waals surface area contributed by atoms with Crippen molar-refractivity contribution in [3.05, 3.63) is 23.8 Å². The Labute approximate surface area is 99.3 Å². The van der Waals surface area contributed by atoms with Crippen molar-refractivity contribution in [3.8, 4) is 0 Å². The molecule has 1 heteroatoms. The third-order valence-corrected chi connectivity index (χ3v) is 4.97. The van der Waals surface area contributed by atoms with Crippen LogP contribution in [0.5, 0.6) is 0 Å². The molecular formula is C15H24O. The van der Waals surface area contributed by atoms with Gasteiger partial charge in [-0.2, -0.15) is 0 Å². The maximum absolute atomic E-state index is 8.96. The zero-order valence-electron chi connectivity index (χ0n) is 10.6. The summed E-state index contributed by atoms with van der Waals surface area (Å²) in [5.41, 5.74) is 2.99. The highest BCUT2D eigenvalue weighted by Gasteiger charge is 2.49. The zero-order valence-corrected chi connectivity index (χ0v) is 10.6. The first-order chi connectivity index (χ1) is 7.58. The molecule has 2 rings (SSSR count). The van der Waals surface area contributed by atoms with E-state index in [0.717, 1.165) is 23.8 Å². The molecule has 0 spiro atoms. The van der Waals surface area contributed by atoms with Crippen LogP contribution >= 0.6 is 0 Å². The predicted molar refractivity (Wildman–Crippen MR) is 68.2 cm³/mol. The molecule has 0 amide bonds. The maximum Gasteiger partial charge on any atom is 0.0639 e.